The van der Waals surface area contributed by atoms with Gasteiger partial charge in [-0.25, -0.2) is 0 Å². The lowest BCUT2D eigenvalue weighted by Gasteiger charge is -2.15. The second-order valence-corrected chi connectivity index (χ2v) is 8.53. The molecule has 3 heterocycles. The average molecular weight is 444 g/mol. The first-order chi connectivity index (χ1) is 16.0. The fourth-order valence-corrected chi connectivity index (χ4v) is 4.98. The van der Waals surface area contributed by atoms with E-state index >= 15 is 0 Å². The first-order valence-electron chi connectivity index (χ1n) is 11.3. The Bertz CT molecular complexity index is 1360. The number of aromatic nitrogens is 3. The SMILES string of the molecule is CCOc1ccc(-n2c(C)c3c(C)nnc(Cc4ccc5c(c4)COC5)c3c2C)c(OC)c1. The van der Waals surface area contributed by atoms with Gasteiger partial charge in [-0.1, -0.05) is 18.2 Å². The van der Waals surface area contributed by atoms with Crippen molar-refractivity contribution in [2.75, 3.05) is 13.7 Å². The van der Waals surface area contributed by atoms with E-state index in [1.165, 1.54) is 16.7 Å². The van der Waals surface area contributed by atoms with Crippen molar-refractivity contribution < 1.29 is 14.2 Å². The minimum absolute atomic E-state index is 0.614. The highest BCUT2D eigenvalue weighted by Gasteiger charge is 2.22. The summed E-state index contributed by atoms with van der Waals surface area (Å²) in [6, 6.07) is 12.6. The number of ether oxygens (including phenoxy) is 3. The van der Waals surface area contributed by atoms with E-state index in [4.69, 9.17) is 14.2 Å². The standard InChI is InChI=1S/C27H29N3O3/c1-6-33-22-9-10-24(25(13-22)31-5)30-17(3)26-16(2)28-29-23(27(26)18(30)4)12-19-7-8-20-14-32-15-21(20)11-19/h7-11,13H,6,12,14-15H2,1-5H3. The van der Waals surface area contributed by atoms with Crippen LogP contribution in [-0.4, -0.2) is 28.5 Å². The minimum atomic E-state index is 0.614. The Morgan fingerprint density at radius 3 is 2.52 bits per heavy atom. The van der Waals surface area contributed by atoms with Gasteiger partial charge in [0.25, 0.3) is 0 Å². The second-order valence-electron chi connectivity index (χ2n) is 8.53. The van der Waals surface area contributed by atoms with Gasteiger partial charge in [-0.3, -0.25) is 0 Å². The Kier molecular flexibility index (Phi) is 5.54. The maximum Gasteiger partial charge on any atom is 0.146 e. The molecule has 6 heteroatoms. The molecule has 0 bridgehead atoms. The van der Waals surface area contributed by atoms with Gasteiger partial charge >= 0.3 is 0 Å². The Hall–Kier alpha value is -3.38. The first kappa shape index (κ1) is 21.5. The number of hydrogen-bond acceptors (Lipinski definition) is 5. The molecular weight excluding hydrogens is 414 g/mol. The van der Waals surface area contributed by atoms with Crippen molar-refractivity contribution in [2.24, 2.45) is 0 Å². The summed E-state index contributed by atoms with van der Waals surface area (Å²) in [5.74, 6) is 1.57. The van der Waals surface area contributed by atoms with Crippen molar-refractivity contribution in [1.29, 1.82) is 0 Å². The van der Waals surface area contributed by atoms with Crippen LogP contribution in [0.2, 0.25) is 0 Å². The Labute approximate surface area is 194 Å². The van der Waals surface area contributed by atoms with E-state index in [0.29, 0.717) is 19.8 Å². The lowest BCUT2D eigenvalue weighted by molar-refractivity contribution is 0.134. The van der Waals surface area contributed by atoms with Crippen LogP contribution in [0.1, 0.15) is 46.4 Å². The van der Waals surface area contributed by atoms with Crippen molar-refractivity contribution in [3.8, 4) is 17.2 Å². The van der Waals surface area contributed by atoms with Crippen molar-refractivity contribution in [2.45, 2.75) is 47.3 Å². The quantitative estimate of drug-likeness (QED) is 0.401. The maximum absolute atomic E-state index is 5.75. The van der Waals surface area contributed by atoms with Gasteiger partial charge in [0.05, 0.1) is 44.0 Å². The maximum atomic E-state index is 5.75. The number of fused-ring (bicyclic) bond motifs is 2. The van der Waals surface area contributed by atoms with Crippen LogP contribution in [0, 0.1) is 20.8 Å². The van der Waals surface area contributed by atoms with Crippen LogP contribution in [0.3, 0.4) is 0 Å². The first-order valence-corrected chi connectivity index (χ1v) is 11.3. The summed E-state index contributed by atoms with van der Waals surface area (Å²) in [4.78, 5) is 0. The van der Waals surface area contributed by atoms with Gasteiger partial charge in [0.1, 0.15) is 11.5 Å². The van der Waals surface area contributed by atoms with E-state index in [0.717, 1.165) is 57.2 Å². The van der Waals surface area contributed by atoms with E-state index in [2.05, 4.69) is 52.9 Å². The van der Waals surface area contributed by atoms with Crippen LogP contribution in [0.4, 0.5) is 0 Å². The van der Waals surface area contributed by atoms with Gasteiger partial charge in [0.2, 0.25) is 0 Å². The van der Waals surface area contributed by atoms with Crippen molar-refractivity contribution in [1.82, 2.24) is 14.8 Å². The minimum Gasteiger partial charge on any atom is -0.494 e. The number of nitrogens with zero attached hydrogens (tertiary/aromatic N) is 3. The van der Waals surface area contributed by atoms with Gasteiger partial charge in [0.15, 0.2) is 0 Å². The zero-order valence-corrected chi connectivity index (χ0v) is 19.9. The zero-order valence-electron chi connectivity index (χ0n) is 19.9. The highest BCUT2D eigenvalue weighted by Crippen LogP contribution is 2.37. The zero-order chi connectivity index (χ0) is 23.1. The molecule has 0 saturated heterocycles. The lowest BCUT2D eigenvalue weighted by atomic mass is 10.0. The molecule has 0 atom stereocenters. The second kappa shape index (κ2) is 8.52. The molecule has 0 aliphatic carbocycles. The van der Waals surface area contributed by atoms with Crippen LogP contribution in [0.25, 0.3) is 16.5 Å². The molecular formula is C27H29N3O3. The number of rotatable bonds is 6. The van der Waals surface area contributed by atoms with E-state index < -0.39 is 0 Å². The van der Waals surface area contributed by atoms with Crippen LogP contribution in [0.15, 0.2) is 36.4 Å². The molecule has 0 saturated carbocycles. The topological polar surface area (TPSA) is 58.4 Å². The smallest absolute Gasteiger partial charge is 0.146 e. The normalized spacial score (nSPS) is 12.9. The number of hydrogen-bond donors (Lipinski definition) is 0. The summed E-state index contributed by atoms with van der Waals surface area (Å²) < 4.78 is 19.3. The molecule has 4 aromatic rings. The summed E-state index contributed by atoms with van der Waals surface area (Å²) in [6.07, 6.45) is 0.724. The third-order valence-corrected chi connectivity index (χ3v) is 6.48. The Morgan fingerprint density at radius 2 is 1.73 bits per heavy atom. The van der Waals surface area contributed by atoms with E-state index in [1.807, 2.05) is 26.0 Å². The van der Waals surface area contributed by atoms with Gasteiger partial charge < -0.3 is 18.8 Å². The van der Waals surface area contributed by atoms with E-state index in [9.17, 15) is 0 Å². The van der Waals surface area contributed by atoms with Gasteiger partial charge in [-0.2, -0.15) is 10.2 Å². The van der Waals surface area contributed by atoms with Gasteiger partial charge in [-0.05, 0) is 56.5 Å². The molecule has 2 aromatic heterocycles. The summed E-state index contributed by atoms with van der Waals surface area (Å²) in [5, 5.41) is 11.5. The van der Waals surface area contributed by atoms with Crippen LogP contribution in [-0.2, 0) is 24.4 Å². The number of benzene rings is 2. The van der Waals surface area contributed by atoms with Gasteiger partial charge in [-0.15, -0.1) is 0 Å². The fourth-order valence-electron chi connectivity index (χ4n) is 4.98. The molecule has 2 aromatic carbocycles. The van der Waals surface area contributed by atoms with E-state index in [-0.39, 0.29) is 0 Å². The third-order valence-electron chi connectivity index (χ3n) is 6.48. The molecule has 170 valence electrons. The molecule has 6 nitrogen and oxygen atoms in total. The molecule has 0 spiro atoms. The summed E-state index contributed by atoms with van der Waals surface area (Å²) in [6.45, 7) is 10.3. The van der Waals surface area contributed by atoms with Crippen molar-refractivity contribution in [3.63, 3.8) is 0 Å². The molecule has 1 aliphatic rings. The molecule has 0 fully saturated rings. The van der Waals surface area contributed by atoms with Crippen molar-refractivity contribution >= 4 is 10.8 Å². The van der Waals surface area contributed by atoms with E-state index in [1.54, 1.807) is 7.11 Å². The largest absolute Gasteiger partial charge is 0.494 e. The van der Waals surface area contributed by atoms with Gasteiger partial charge in [0, 0.05) is 34.6 Å². The molecule has 0 amide bonds. The van der Waals surface area contributed by atoms with Crippen LogP contribution < -0.4 is 9.47 Å². The summed E-state index contributed by atoms with van der Waals surface area (Å²) >= 11 is 0. The van der Waals surface area contributed by atoms with Crippen LogP contribution >= 0.6 is 0 Å². The average Bonchev–Trinajstić information content (AvgIpc) is 3.38. The molecule has 0 N–H and O–H groups in total. The molecule has 0 unspecified atom stereocenters. The third kappa shape index (κ3) is 3.64. The highest BCUT2D eigenvalue weighted by atomic mass is 16.5. The Balaban J connectivity index is 1.65. The molecule has 33 heavy (non-hydrogen) atoms. The number of methoxy groups -OCH3 is 1. The predicted octanol–water partition coefficient (Wildman–Crippen LogP) is 5.37. The summed E-state index contributed by atoms with van der Waals surface area (Å²) in [7, 11) is 1.69. The Morgan fingerprint density at radius 1 is 0.939 bits per heavy atom. The predicted molar refractivity (Wildman–Crippen MR) is 129 cm³/mol. The lowest BCUT2D eigenvalue weighted by Crippen LogP contribution is -2.03. The summed E-state index contributed by atoms with van der Waals surface area (Å²) in [5.41, 5.74) is 8.92. The monoisotopic (exact) mass is 443 g/mol. The van der Waals surface area contributed by atoms with Crippen LogP contribution in [0.5, 0.6) is 11.5 Å². The fraction of sp³-hybridized carbons (Fsp3) is 0.333. The molecule has 5 rings (SSSR count). The highest BCUT2D eigenvalue weighted by molar-refractivity contribution is 5.93. The van der Waals surface area contributed by atoms with Crippen molar-refractivity contribution in [3.05, 3.63) is 75.9 Å². The molecule has 0 radical (unpaired) electrons. The molecule has 1 aliphatic heterocycles. The number of aryl methyl sites for hydroxylation is 3.